The van der Waals surface area contributed by atoms with Crippen molar-refractivity contribution in [1.29, 1.82) is 0 Å². The van der Waals surface area contributed by atoms with E-state index in [0.29, 0.717) is 16.5 Å². The van der Waals surface area contributed by atoms with Crippen LogP contribution in [0.25, 0.3) is 0 Å². The predicted molar refractivity (Wildman–Crippen MR) is 80.8 cm³/mol. The van der Waals surface area contributed by atoms with E-state index in [1.165, 1.54) is 12.1 Å². The Morgan fingerprint density at radius 3 is 2.52 bits per heavy atom. The molecule has 1 fully saturated rings. The Kier molecular flexibility index (Phi) is 3.93. The van der Waals surface area contributed by atoms with Gasteiger partial charge in [0, 0.05) is 10.6 Å². The molecule has 0 radical (unpaired) electrons. The first-order valence-electron chi connectivity index (χ1n) is 6.95. The Hall–Kier alpha value is -1.87. The largest absolute Gasteiger partial charge is 0.345 e. The quantitative estimate of drug-likeness (QED) is 0.893. The second-order valence-corrected chi connectivity index (χ2v) is 5.79. The first kappa shape index (κ1) is 14.1. The van der Waals surface area contributed by atoms with E-state index in [2.05, 4.69) is 5.32 Å². The number of halogens is 2. The summed E-state index contributed by atoms with van der Waals surface area (Å²) in [5.74, 6) is -0.206. The molecule has 2 nitrogen and oxygen atoms in total. The molecule has 1 aliphatic rings. The average Bonchev–Trinajstić information content (AvgIpc) is 3.30. The molecule has 1 saturated carbocycles. The van der Waals surface area contributed by atoms with Crippen LogP contribution in [0.2, 0.25) is 5.02 Å². The van der Waals surface area contributed by atoms with Crippen LogP contribution in [-0.4, -0.2) is 5.91 Å². The molecule has 0 bridgehead atoms. The van der Waals surface area contributed by atoms with Crippen LogP contribution in [0.3, 0.4) is 0 Å². The summed E-state index contributed by atoms with van der Waals surface area (Å²) in [6, 6.07) is 13.2. The molecule has 1 N–H and O–H groups in total. The molecule has 108 valence electrons. The van der Waals surface area contributed by atoms with E-state index in [1.54, 1.807) is 12.1 Å². The van der Waals surface area contributed by atoms with Crippen molar-refractivity contribution in [1.82, 2.24) is 5.32 Å². The zero-order chi connectivity index (χ0) is 14.8. The molecule has 2 aromatic carbocycles. The highest BCUT2D eigenvalue weighted by Crippen LogP contribution is 2.41. The van der Waals surface area contributed by atoms with Gasteiger partial charge in [-0.1, -0.05) is 29.8 Å². The van der Waals surface area contributed by atoms with Crippen molar-refractivity contribution in [2.24, 2.45) is 5.92 Å². The smallest absolute Gasteiger partial charge is 0.251 e. The number of nitrogens with one attached hydrogen (secondary N) is 1. The van der Waals surface area contributed by atoms with Gasteiger partial charge in [0.2, 0.25) is 0 Å². The van der Waals surface area contributed by atoms with Gasteiger partial charge in [0.1, 0.15) is 5.82 Å². The Labute approximate surface area is 127 Å². The van der Waals surface area contributed by atoms with E-state index in [9.17, 15) is 9.18 Å². The molecule has 0 spiro atoms. The fourth-order valence-electron chi connectivity index (χ4n) is 2.43. The van der Waals surface area contributed by atoms with Crippen molar-refractivity contribution in [3.8, 4) is 0 Å². The molecule has 0 aliphatic heterocycles. The third-order valence-electron chi connectivity index (χ3n) is 3.70. The lowest BCUT2D eigenvalue weighted by molar-refractivity contribution is 0.0931. The van der Waals surface area contributed by atoms with Crippen molar-refractivity contribution in [3.05, 3.63) is 70.5 Å². The highest BCUT2D eigenvalue weighted by molar-refractivity contribution is 6.30. The molecule has 21 heavy (non-hydrogen) atoms. The summed E-state index contributed by atoms with van der Waals surface area (Å²) in [7, 11) is 0. The lowest BCUT2D eigenvalue weighted by atomic mass is 10.0. The molecule has 3 rings (SSSR count). The van der Waals surface area contributed by atoms with Crippen molar-refractivity contribution in [3.63, 3.8) is 0 Å². The van der Waals surface area contributed by atoms with Crippen LogP contribution < -0.4 is 5.32 Å². The number of amides is 1. The van der Waals surface area contributed by atoms with E-state index in [-0.39, 0.29) is 11.9 Å². The van der Waals surface area contributed by atoms with Gasteiger partial charge in [-0.3, -0.25) is 4.79 Å². The Balaban J connectivity index is 1.79. The van der Waals surface area contributed by atoms with E-state index in [0.717, 1.165) is 18.4 Å². The van der Waals surface area contributed by atoms with Crippen LogP contribution in [0.1, 0.15) is 34.8 Å². The molecular weight excluding hydrogens is 289 g/mol. The number of hydrogen-bond donors (Lipinski definition) is 1. The van der Waals surface area contributed by atoms with Crippen LogP contribution >= 0.6 is 11.6 Å². The van der Waals surface area contributed by atoms with Gasteiger partial charge in [0.25, 0.3) is 5.91 Å². The molecule has 0 saturated heterocycles. The molecule has 1 aliphatic carbocycles. The van der Waals surface area contributed by atoms with Crippen molar-refractivity contribution < 1.29 is 9.18 Å². The minimum Gasteiger partial charge on any atom is -0.345 e. The van der Waals surface area contributed by atoms with Gasteiger partial charge in [0.15, 0.2) is 0 Å². The second kappa shape index (κ2) is 5.86. The van der Waals surface area contributed by atoms with Crippen LogP contribution in [0.4, 0.5) is 4.39 Å². The number of carbonyl (C=O) groups excluding carboxylic acids is 1. The number of benzene rings is 2. The van der Waals surface area contributed by atoms with Gasteiger partial charge < -0.3 is 5.32 Å². The summed E-state index contributed by atoms with van der Waals surface area (Å²) in [4.78, 5) is 12.3. The van der Waals surface area contributed by atoms with Gasteiger partial charge >= 0.3 is 0 Å². The zero-order valence-corrected chi connectivity index (χ0v) is 12.1. The molecule has 0 unspecified atom stereocenters. The number of carbonyl (C=O) groups is 1. The molecule has 0 aromatic heterocycles. The molecule has 1 amide bonds. The van der Waals surface area contributed by atoms with E-state index < -0.39 is 5.82 Å². The molecular formula is C17H15ClFNO. The topological polar surface area (TPSA) is 29.1 Å². The van der Waals surface area contributed by atoms with Crippen LogP contribution in [0.15, 0.2) is 48.5 Å². The summed E-state index contributed by atoms with van der Waals surface area (Å²) in [5.41, 5.74) is 1.38. The number of rotatable bonds is 4. The van der Waals surface area contributed by atoms with E-state index in [4.69, 9.17) is 11.6 Å². The Morgan fingerprint density at radius 1 is 1.19 bits per heavy atom. The van der Waals surface area contributed by atoms with Crippen LogP contribution in [0.5, 0.6) is 0 Å². The maximum Gasteiger partial charge on any atom is 0.251 e. The highest BCUT2D eigenvalue weighted by atomic mass is 35.5. The van der Waals surface area contributed by atoms with Gasteiger partial charge in [0.05, 0.1) is 6.04 Å². The average molecular weight is 304 g/mol. The molecule has 1 atom stereocenters. The zero-order valence-electron chi connectivity index (χ0n) is 11.4. The lowest BCUT2D eigenvalue weighted by Gasteiger charge is -2.19. The maximum absolute atomic E-state index is 13.2. The van der Waals surface area contributed by atoms with Gasteiger partial charge in [-0.25, -0.2) is 4.39 Å². The summed E-state index contributed by atoms with van der Waals surface area (Å²) in [5, 5.41) is 3.68. The minimum absolute atomic E-state index is 0.0435. The molecule has 4 heteroatoms. The maximum atomic E-state index is 13.2. The molecule has 0 heterocycles. The van der Waals surface area contributed by atoms with E-state index >= 15 is 0 Å². The van der Waals surface area contributed by atoms with Crippen LogP contribution in [-0.2, 0) is 0 Å². The summed E-state index contributed by atoms with van der Waals surface area (Å²) in [6.45, 7) is 0. The van der Waals surface area contributed by atoms with Crippen LogP contribution in [0, 0.1) is 11.7 Å². The van der Waals surface area contributed by atoms with Gasteiger partial charge in [-0.15, -0.1) is 0 Å². The highest BCUT2D eigenvalue weighted by Gasteiger charge is 2.33. The Morgan fingerprint density at radius 2 is 1.90 bits per heavy atom. The third kappa shape index (κ3) is 3.42. The third-order valence-corrected chi connectivity index (χ3v) is 3.95. The monoisotopic (exact) mass is 303 g/mol. The van der Waals surface area contributed by atoms with Crippen molar-refractivity contribution in [2.75, 3.05) is 0 Å². The predicted octanol–water partition coefficient (Wildman–Crippen LogP) is 4.36. The van der Waals surface area contributed by atoms with Gasteiger partial charge in [-0.05, 0) is 54.7 Å². The fraction of sp³-hybridized carbons (Fsp3) is 0.235. The minimum atomic E-state index is -0.405. The summed E-state index contributed by atoms with van der Waals surface area (Å²) in [6.07, 6.45) is 2.19. The van der Waals surface area contributed by atoms with Crippen molar-refractivity contribution >= 4 is 17.5 Å². The summed E-state index contributed by atoms with van der Waals surface area (Å²) < 4.78 is 13.2. The van der Waals surface area contributed by atoms with E-state index in [1.807, 2.05) is 24.3 Å². The normalized spacial score (nSPS) is 15.5. The SMILES string of the molecule is O=C(N[C@@H](c1ccc(Cl)cc1)C1CC1)c1cccc(F)c1. The molecule has 2 aromatic rings. The fourth-order valence-corrected chi connectivity index (χ4v) is 2.55. The second-order valence-electron chi connectivity index (χ2n) is 5.35. The first-order valence-corrected chi connectivity index (χ1v) is 7.33. The van der Waals surface area contributed by atoms with Gasteiger partial charge in [-0.2, -0.15) is 0 Å². The first-order chi connectivity index (χ1) is 10.1. The summed E-state index contributed by atoms with van der Waals surface area (Å²) >= 11 is 5.90. The van der Waals surface area contributed by atoms with Crippen molar-refractivity contribution in [2.45, 2.75) is 18.9 Å². The Bertz CT molecular complexity index is 652. The standard InChI is InChI=1S/C17H15ClFNO/c18-14-8-6-12(7-9-14)16(11-4-5-11)20-17(21)13-2-1-3-15(19)10-13/h1-3,6-11,16H,4-5H2,(H,20,21)/t16-/m1/s1. The lowest BCUT2D eigenvalue weighted by Crippen LogP contribution is -2.29. The number of hydrogen-bond acceptors (Lipinski definition) is 1.